The Balaban J connectivity index is 2.33. The Hall–Kier alpha value is -3.47. The van der Waals surface area contributed by atoms with Crippen LogP contribution in [0.5, 0.6) is 0 Å². The molecule has 1 aromatic carbocycles. The number of primary amides is 1. The van der Waals surface area contributed by atoms with Crippen LogP contribution in [0.2, 0.25) is 0 Å². The number of ether oxygens (including phenoxy) is 1. The number of hydrogen-bond donors (Lipinski definition) is 1. The average molecular weight is 383 g/mol. The lowest BCUT2D eigenvalue weighted by atomic mass is 9.68. The van der Waals surface area contributed by atoms with Crippen LogP contribution < -0.4 is 5.73 Å². The van der Waals surface area contributed by atoms with Gasteiger partial charge in [0.15, 0.2) is 11.2 Å². The molecule has 2 heterocycles. The van der Waals surface area contributed by atoms with E-state index in [9.17, 15) is 24.0 Å². The number of amides is 1. The molecule has 2 N–H and O–H groups in total. The lowest BCUT2D eigenvalue weighted by molar-refractivity contribution is -0.150. The van der Waals surface area contributed by atoms with Gasteiger partial charge in [-0.25, -0.2) is 4.39 Å². The number of hydrogen-bond acceptors (Lipinski definition) is 6. The van der Waals surface area contributed by atoms with Crippen LogP contribution >= 0.6 is 0 Å². The number of benzene rings is 1. The molecule has 0 saturated carbocycles. The maximum Gasteiger partial charge on any atom is 0.329 e. The number of carbonyl (C=O) groups is 3. The maximum absolute atomic E-state index is 14.7. The second-order valence-corrected chi connectivity index (χ2v) is 6.71. The van der Waals surface area contributed by atoms with Crippen LogP contribution in [0.25, 0.3) is 0 Å². The third-order valence-corrected chi connectivity index (χ3v) is 5.31. The number of carbonyl (C=O) groups excluding carboxylic acids is 3. The van der Waals surface area contributed by atoms with E-state index in [1.807, 2.05) is 6.07 Å². The summed E-state index contributed by atoms with van der Waals surface area (Å²) in [6.07, 6.45) is 4.34. The predicted molar refractivity (Wildman–Crippen MR) is 95.7 cm³/mol. The third-order valence-electron chi connectivity index (χ3n) is 5.31. The summed E-state index contributed by atoms with van der Waals surface area (Å²) in [6.45, 7) is 1.35. The molecule has 0 aromatic heterocycles. The Bertz CT molecular complexity index is 964. The number of allylic oxidation sites excluding steroid dienone is 2. The van der Waals surface area contributed by atoms with Gasteiger partial charge in [-0.2, -0.15) is 5.26 Å². The molecule has 0 spiro atoms. The van der Waals surface area contributed by atoms with Gasteiger partial charge in [0, 0.05) is 17.7 Å². The first kappa shape index (κ1) is 19.3. The number of nitrogens with zero attached hydrogens (tertiary/aromatic N) is 2. The normalized spacial score (nSPS) is 28.1. The van der Waals surface area contributed by atoms with E-state index in [-0.39, 0.29) is 16.9 Å². The monoisotopic (exact) mass is 383 g/mol. The summed E-state index contributed by atoms with van der Waals surface area (Å²) < 4.78 is 19.6. The molecule has 7 nitrogen and oxygen atoms in total. The number of fused-ring (bicyclic) bond motifs is 1. The van der Waals surface area contributed by atoms with E-state index in [2.05, 4.69) is 0 Å². The van der Waals surface area contributed by atoms with Gasteiger partial charge in [-0.05, 0) is 18.6 Å². The Kier molecular flexibility index (Phi) is 4.77. The average Bonchev–Trinajstić information content (AvgIpc) is 2.98. The van der Waals surface area contributed by atoms with E-state index in [0.29, 0.717) is 0 Å². The molecule has 2 aliphatic heterocycles. The summed E-state index contributed by atoms with van der Waals surface area (Å²) in [5.74, 6) is -3.95. The third kappa shape index (κ3) is 2.59. The molecule has 0 aliphatic carbocycles. The summed E-state index contributed by atoms with van der Waals surface area (Å²) in [7, 11) is 1.12. The molecule has 8 heteroatoms. The Labute approximate surface area is 160 Å². The van der Waals surface area contributed by atoms with Crippen molar-refractivity contribution in [3.8, 4) is 6.07 Å². The standard InChI is InChI=1S/C20H18FN3O4/c1-11(25)12-7-8-15-20(10-22,19(27)28-2)16(13-5-3-4-6-14(13)21)17(18(23)26)24(15)9-12/h3-9,15-17H,1-2H3,(H2,23,26)/t15-,16+,17-,20+/m0/s1. The number of rotatable bonds is 4. The molecular weight excluding hydrogens is 365 g/mol. The lowest BCUT2D eigenvalue weighted by Gasteiger charge is -2.32. The highest BCUT2D eigenvalue weighted by molar-refractivity contribution is 5.97. The fraction of sp³-hybridized carbons (Fsp3) is 0.300. The van der Waals surface area contributed by atoms with Gasteiger partial charge in [-0.15, -0.1) is 0 Å². The number of Topliss-reactive ketones (excluding diaryl/α,β-unsaturated/α-hetero) is 1. The van der Waals surface area contributed by atoms with Gasteiger partial charge in [0.25, 0.3) is 0 Å². The molecule has 0 radical (unpaired) electrons. The number of halogens is 1. The van der Waals surface area contributed by atoms with E-state index in [0.717, 1.165) is 7.11 Å². The number of nitrogens with two attached hydrogens (primary N) is 1. The highest BCUT2D eigenvalue weighted by Gasteiger charge is 2.66. The Morgan fingerprint density at radius 3 is 2.54 bits per heavy atom. The minimum absolute atomic E-state index is 0.00109. The van der Waals surface area contributed by atoms with Crippen molar-refractivity contribution in [2.24, 2.45) is 11.1 Å². The number of esters is 1. The highest BCUT2D eigenvalue weighted by atomic mass is 19.1. The molecule has 28 heavy (non-hydrogen) atoms. The smallest absolute Gasteiger partial charge is 0.329 e. The van der Waals surface area contributed by atoms with E-state index >= 15 is 0 Å². The summed E-state index contributed by atoms with van der Waals surface area (Å²) >= 11 is 0. The van der Waals surface area contributed by atoms with E-state index < -0.39 is 41.1 Å². The van der Waals surface area contributed by atoms with Gasteiger partial charge in [0.05, 0.1) is 19.2 Å². The van der Waals surface area contributed by atoms with Gasteiger partial charge in [-0.3, -0.25) is 14.4 Å². The van der Waals surface area contributed by atoms with E-state index in [1.165, 1.54) is 48.4 Å². The molecule has 1 saturated heterocycles. The van der Waals surface area contributed by atoms with Crippen LogP contribution in [0.4, 0.5) is 4.39 Å². The number of nitriles is 1. The first-order chi connectivity index (χ1) is 13.3. The molecule has 4 atom stereocenters. The second kappa shape index (κ2) is 6.93. The topological polar surface area (TPSA) is 113 Å². The van der Waals surface area contributed by atoms with Gasteiger partial charge in [-0.1, -0.05) is 30.4 Å². The van der Waals surface area contributed by atoms with Crippen molar-refractivity contribution in [2.45, 2.75) is 24.9 Å². The zero-order valence-electron chi connectivity index (χ0n) is 15.3. The van der Waals surface area contributed by atoms with E-state index in [1.54, 1.807) is 6.07 Å². The van der Waals surface area contributed by atoms with Crippen molar-refractivity contribution in [2.75, 3.05) is 7.11 Å². The fourth-order valence-electron chi connectivity index (χ4n) is 4.08. The Morgan fingerprint density at radius 2 is 2.00 bits per heavy atom. The van der Waals surface area contributed by atoms with Gasteiger partial charge in [0.1, 0.15) is 11.9 Å². The predicted octanol–water partition coefficient (Wildman–Crippen LogP) is 1.17. The van der Waals surface area contributed by atoms with Crippen molar-refractivity contribution < 1.29 is 23.5 Å². The van der Waals surface area contributed by atoms with Crippen LogP contribution in [0.1, 0.15) is 18.4 Å². The molecule has 0 bridgehead atoms. The summed E-state index contributed by atoms with van der Waals surface area (Å²) in [4.78, 5) is 38.4. The molecular formula is C20H18FN3O4. The van der Waals surface area contributed by atoms with Crippen LogP contribution in [-0.4, -0.2) is 41.8 Å². The highest BCUT2D eigenvalue weighted by Crippen LogP contribution is 2.54. The Morgan fingerprint density at radius 1 is 1.32 bits per heavy atom. The zero-order chi connectivity index (χ0) is 20.6. The SMILES string of the molecule is COC(=O)[C@@]1(C#N)[C@H](c2ccccc2F)[C@@H](C(N)=O)N2C=C(C(C)=O)C=C[C@H]21. The van der Waals surface area contributed by atoms with Gasteiger partial charge in [0.2, 0.25) is 5.91 Å². The fourth-order valence-corrected chi connectivity index (χ4v) is 4.08. The van der Waals surface area contributed by atoms with E-state index in [4.69, 9.17) is 10.5 Å². The first-order valence-electron chi connectivity index (χ1n) is 8.51. The number of ketones is 1. The molecule has 1 aromatic rings. The van der Waals surface area contributed by atoms with Crippen LogP contribution in [-0.2, 0) is 19.1 Å². The van der Waals surface area contributed by atoms with Crippen molar-refractivity contribution in [3.05, 3.63) is 59.6 Å². The molecule has 3 rings (SSSR count). The largest absolute Gasteiger partial charge is 0.468 e. The van der Waals surface area contributed by atoms with Gasteiger partial charge < -0.3 is 15.4 Å². The lowest BCUT2D eigenvalue weighted by Crippen LogP contribution is -2.45. The molecule has 144 valence electrons. The van der Waals surface area contributed by atoms with Crippen molar-refractivity contribution >= 4 is 17.7 Å². The summed E-state index contributed by atoms with van der Waals surface area (Å²) in [5.41, 5.74) is 3.95. The quantitative estimate of drug-likeness (QED) is 0.781. The molecule has 2 aliphatic rings. The van der Waals surface area contributed by atoms with Crippen molar-refractivity contribution in [3.63, 3.8) is 0 Å². The summed E-state index contributed by atoms with van der Waals surface area (Å²) in [5, 5.41) is 10.1. The molecule has 1 fully saturated rings. The zero-order valence-corrected chi connectivity index (χ0v) is 15.3. The van der Waals surface area contributed by atoms with Crippen LogP contribution in [0, 0.1) is 22.6 Å². The van der Waals surface area contributed by atoms with Crippen molar-refractivity contribution in [1.29, 1.82) is 5.26 Å². The number of methoxy groups -OCH3 is 1. The van der Waals surface area contributed by atoms with Crippen molar-refractivity contribution in [1.82, 2.24) is 4.90 Å². The maximum atomic E-state index is 14.7. The van der Waals surface area contributed by atoms with Crippen LogP contribution in [0.15, 0.2) is 48.2 Å². The molecule has 1 amide bonds. The second-order valence-electron chi connectivity index (χ2n) is 6.71. The van der Waals surface area contributed by atoms with Gasteiger partial charge >= 0.3 is 5.97 Å². The summed E-state index contributed by atoms with van der Waals surface area (Å²) in [6, 6.07) is 5.36. The minimum atomic E-state index is -1.94. The minimum Gasteiger partial charge on any atom is -0.468 e. The first-order valence-corrected chi connectivity index (χ1v) is 8.51. The van der Waals surface area contributed by atoms with Crippen LogP contribution in [0.3, 0.4) is 0 Å². The molecule has 0 unspecified atom stereocenters.